The van der Waals surface area contributed by atoms with Crippen LogP contribution in [0.3, 0.4) is 0 Å². The van der Waals surface area contributed by atoms with Gasteiger partial charge in [-0.2, -0.15) is 4.39 Å². The molecule has 20 nitrogen and oxygen atoms in total. The van der Waals surface area contributed by atoms with E-state index in [1.807, 2.05) is 95.1 Å². The molecule has 4 N–H and O–H groups in total. The fraction of sp³-hybridized carbons (Fsp3) is 0.196. The molecule has 21 heteroatoms. The summed E-state index contributed by atoms with van der Waals surface area (Å²) in [6, 6.07) is 24.4. The average Bonchev–Trinajstić information content (AvgIpc) is 3.85. The van der Waals surface area contributed by atoms with Crippen molar-refractivity contribution < 1.29 is 33.6 Å². The molecule has 8 aromatic rings. The molecule has 1 fully saturated rings. The van der Waals surface area contributed by atoms with E-state index in [-0.39, 0.29) is 35.1 Å². The first kappa shape index (κ1) is 44.7. The van der Waals surface area contributed by atoms with Gasteiger partial charge in [-0.1, -0.05) is 36.4 Å². The highest BCUT2D eigenvalue weighted by Crippen LogP contribution is 2.41. The van der Waals surface area contributed by atoms with E-state index in [1.165, 1.54) is 20.3 Å². The molecule has 1 saturated heterocycles. The lowest BCUT2D eigenvalue weighted by molar-refractivity contribution is -0.387. The van der Waals surface area contributed by atoms with Gasteiger partial charge in [-0.3, -0.25) is 20.2 Å². The lowest BCUT2D eigenvalue weighted by Gasteiger charge is -2.33. The van der Waals surface area contributed by atoms with E-state index >= 15 is 0 Å². The number of hydrogen-bond acceptors (Lipinski definition) is 14. The van der Waals surface area contributed by atoms with Crippen molar-refractivity contribution in [2.75, 3.05) is 42.8 Å². The lowest BCUT2D eigenvalue weighted by Crippen LogP contribution is -2.44. The topological polar surface area (TPSA) is 243 Å². The first-order valence-electron chi connectivity index (χ1n) is 20.7. The van der Waals surface area contributed by atoms with Crippen molar-refractivity contribution in [1.82, 2.24) is 34.4 Å². The molecule has 0 unspecified atom stereocenters. The van der Waals surface area contributed by atoms with Crippen LogP contribution in [0.1, 0.15) is 12.8 Å². The first-order chi connectivity index (χ1) is 32.3. The predicted molar refractivity (Wildman–Crippen MR) is 250 cm³/mol. The Labute approximate surface area is 381 Å². The smallest absolute Gasteiger partial charge is 0.404 e. The van der Waals surface area contributed by atoms with Gasteiger partial charge in [-0.15, -0.1) is 0 Å². The summed E-state index contributed by atoms with van der Waals surface area (Å²) in [6.45, 7) is 0.940. The van der Waals surface area contributed by atoms with Crippen LogP contribution in [0.15, 0.2) is 110 Å². The van der Waals surface area contributed by atoms with E-state index in [0.29, 0.717) is 54.4 Å². The van der Waals surface area contributed by atoms with Crippen molar-refractivity contribution in [3.63, 3.8) is 0 Å². The minimum Gasteiger partial charge on any atom is -0.494 e. The van der Waals surface area contributed by atoms with Gasteiger partial charge < -0.3 is 44.6 Å². The number of nitro groups is 2. The fourth-order valence-electron chi connectivity index (χ4n) is 8.08. The number of hydrogen-bond donors (Lipinski definition) is 4. The molecule has 0 saturated carbocycles. The molecule has 5 heterocycles. The number of ether oxygens (including phenoxy) is 2. The minimum absolute atomic E-state index is 0.0943. The van der Waals surface area contributed by atoms with E-state index in [9.17, 15) is 29.4 Å². The number of carboxylic acid groups (broad SMARTS) is 1. The highest BCUT2D eigenvalue weighted by Gasteiger charge is 2.28. The maximum Gasteiger partial charge on any atom is 0.404 e. The summed E-state index contributed by atoms with van der Waals surface area (Å²) in [7, 11) is 6.77. The molecule has 0 bridgehead atoms. The molecule has 1 aliphatic heterocycles. The molecule has 1 amide bonds. The van der Waals surface area contributed by atoms with Crippen LogP contribution in [0.5, 0.6) is 11.5 Å². The summed E-state index contributed by atoms with van der Waals surface area (Å²) in [6.07, 6.45) is 7.21. The van der Waals surface area contributed by atoms with E-state index < -0.39 is 27.4 Å². The SMILES string of the molecule is COc1cc(F)c([N+](=O)[O-])cc1Nc1nccc(-c2cn(C)c3ccccc23)n1.COc1cc(N2CCC(NC(=O)O)CC2)c([N+](=O)[O-])cc1Nc1nccc(-c2cn(C)c3ccccc23)n1. The zero-order valence-corrected chi connectivity index (χ0v) is 36.5. The number of anilines is 5. The first-order valence-corrected chi connectivity index (χ1v) is 20.7. The Morgan fingerprint density at radius 1 is 0.731 bits per heavy atom. The van der Waals surface area contributed by atoms with Gasteiger partial charge in [-0.25, -0.2) is 24.7 Å². The molecular formula is C46H43FN12O8. The van der Waals surface area contributed by atoms with Crippen molar-refractivity contribution in [2.45, 2.75) is 18.9 Å². The second kappa shape index (κ2) is 19.1. The Bertz CT molecular complexity index is 3170. The molecule has 342 valence electrons. The van der Waals surface area contributed by atoms with Crippen molar-refractivity contribution in [2.24, 2.45) is 14.1 Å². The fourth-order valence-corrected chi connectivity index (χ4v) is 8.08. The van der Waals surface area contributed by atoms with Crippen LogP contribution in [0, 0.1) is 26.0 Å². The van der Waals surface area contributed by atoms with Crippen LogP contribution in [-0.4, -0.2) is 83.5 Å². The number of aromatic nitrogens is 6. The van der Waals surface area contributed by atoms with Crippen LogP contribution >= 0.6 is 0 Å². The largest absolute Gasteiger partial charge is 0.494 e. The van der Waals surface area contributed by atoms with Crippen LogP contribution in [0.2, 0.25) is 0 Å². The van der Waals surface area contributed by atoms with Gasteiger partial charge in [0.1, 0.15) is 17.2 Å². The summed E-state index contributed by atoms with van der Waals surface area (Å²) in [5, 5.41) is 42.6. The molecule has 0 aliphatic carbocycles. The monoisotopic (exact) mass is 910 g/mol. The number of carbonyl (C=O) groups is 1. The number of nitrogens with zero attached hydrogens (tertiary/aromatic N) is 9. The van der Waals surface area contributed by atoms with Gasteiger partial charge in [0.2, 0.25) is 17.7 Å². The van der Waals surface area contributed by atoms with Crippen molar-refractivity contribution in [1.29, 1.82) is 0 Å². The maximum atomic E-state index is 13.9. The zero-order chi connectivity index (χ0) is 47.4. The van der Waals surface area contributed by atoms with Gasteiger partial charge in [0.05, 0.1) is 46.8 Å². The number of benzene rings is 4. The lowest BCUT2D eigenvalue weighted by atomic mass is 10.0. The van der Waals surface area contributed by atoms with E-state index in [1.54, 1.807) is 24.5 Å². The van der Waals surface area contributed by atoms with Crippen LogP contribution < -0.4 is 30.3 Å². The molecule has 1 aliphatic rings. The number of halogens is 1. The number of piperidine rings is 1. The van der Waals surface area contributed by atoms with Gasteiger partial charge in [0, 0.05) is 115 Å². The number of para-hydroxylation sites is 2. The van der Waals surface area contributed by atoms with Crippen LogP contribution in [0.25, 0.3) is 44.3 Å². The van der Waals surface area contributed by atoms with Crippen molar-refractivity contribution >= 4 is 68.2 Å². The van der Waals surface area contributed by atoms with E-state index in [4.69, 9.17) is 14.6 Å². The molecule has 0 spiro atoms. The average molecular weight is 911 g/mol. The van der Waals surface area contributed by atoms with Gasteiger partial charge in [-0.05, 0) is 37.1 Å². The minimum atomic E-state index is -1.07. The van der Waals surface area contributed by atoms with Crippen LogP contribution in [0.4, 0.5) is 49.5 Å². The summed E-state index contributed by atoms with van der Waals surface area (Å²) in [4.78, 5) is 52.4. The number of fused-ring (bicyclic) bond motifs is 2. The third kappa shape index (κ3) is 9.51. The number of aryl methyl sites for hydroxylation is 2. The number of rotatable bonds is 12. The molecule has 4 aromatic carbocycles. The van der Waals surface area contributed by atoms with Crippen molar-refractivity contribution in [3.8, 4) is 34.0 Å². The maximum absolute atomic E-state index is 13.9. The predicted octanol–water partition coefficient (Wildman–Crippen LogP) is 8.97. The van der Waals surface area contributed by atoms with Crippen molar-refractivity contribution in [3.05, 3.63) is 136 Å². The Morgan fingerprint density at radius 2 is 1.21 bits per heavy atom. The Kier molecular flexibility index (Phi) is 12.7. The highest BCUT2D eigenvalue weighted by atomic mass is 19.1. The molecule has 4 aromatic heterocycles. The van der Waals surface area contributed by atoms with Gasteiger partial charge >= 0.3 is 11.8 Å². The number of methoxy groups -OCH3 is 2. The normalized spacial score (nSPS) is 12.6. The second-order valence-corrected chi connectivity index (χ2v) is 15.4. The summed E-state index contributed by atoms with van der Waals surface area (Å²) in [5.74, 6) is -0.00313. The third-order valence-corrected chi connectivity index (χ3v) is 11.3. The van der Waals surface area contributed by atoms with Gasteiger partial charge in [0.25, 0.3) is 5.69 Å². The Hall–Kier alpha value is -8.88. The third-order valence-electron chi connectivity index (χ3n) is 11.3. The molecule has 0 radical (unpaired) electrons. The van der Waals surface area contributed by atoms with Gasteiger partial charge in [0.15, 0.2) is 0 Å². The molecule has 67 heavy (non-hydrogen) atoms. The van der Waals surface area contributed by atoms with E-state index in [0.717, 1.165) is 45.1 Å². The molecule has 9 rings (SSSR count). The Balaban J connectivity index is 0.000000188. The zero-order valence-electron chi connectivity index (χ0n) is 36.5. The Morgan fingerprint density at radius 3 is 1.69 bits per heavy atom. The summed E-state index contributed by atoms with van der Waals surface area (Å²) >= 11 is 0. The highest BCUT2D eigenvalue weighted by molar-refractivity contribution is 5.96. The summed E-state index contributed by atoms with van der Waals surface area (Å²) in [5.41, 5.74) is 5.59. The summed E-state index contributed by atoms with van der Waals surface area (Å²) < 4.78 is 28.6. The molecule has 0 atom stereocenters. The number of nitrogens with one attached hydrogen (secondary N) is 3. The quantitative estimate of drug-likeness (QED) is 0.0660. The number of nitro benzene ring substituents is 2. The number of amides is 1. The molecular weight excluding hydrogens is 868 g/mol. The van der Waals surface area contributed by atoms with Crippen LogP contribution in [-0.2, 0) is 14.1 Å². The van der Waals surface area contributed by atoms with E-state index in [2.05, 4.69) is 35.9 Å². The standard InChI is InChI=1S/C26H27N7O5.C20H16FN5O3/c1-31-15-18(17-5-3-4-6-21(17)31)19-7-10-27-25(29-19)30-20-13-23(33(36)37)22(14-24(20)38-2)32-11-8-16(9-12-32)28-26(34)35;1-25-11-13(12-5-3-4-6-17(12)25)15-7-8-22-20(23-15)24-16-10-18(26(27)28)14(21)9-19(16)29-2/h3-7,10,13-16,28H,8-9,11-12H2,1-2H3,(H,34,35)(H,27,29,30);3-11H,1-2H3,(H,22,23,24). The second-order valence-electron chi connectivity index (χ2n) is 15.4.